The standard InChI is InChI=1S/C17H19N3O2/c1-21-15-5-2-4-14(10-15)13-20-8-7-19-17(20)12-18-11-16-6-3-9-22-16/h2-10,18H,11-13H2,1H3. The van der Waals surface area contributed by atoms with E-state index in [1.54, 1.807) is 13.4 Å². The molecular weight excluding hydrogens is 278 g/mol. The number of ether oxygens (including phenoxy) is 1. The van der Waals surface area contributed by atoms with Crippen LogP contribution >= 0.6 is 0 Å². The second-order valence-electron chi connectivity index (χ2n) is 5.01. The van der Waals surface area contributed by atoms with Crippen LogP contribution in [0.2, 0.25) is 0 Å². The number of methoxy groups -OCH3 is 1. The summed E-state index contributed by atoms with van der Waals surface area (Å²) in [5, 5.41) is 3.34. The first-order valence-corrected chi connectivity index (χ1v) is 7.21. The monoisotopic (exact) mass is 297 g/mol. The van der Waals surface area contributed by atoms with E-state index in [9.17, 15) is 0 Å². The van der Waals surface area contributed by atoms with Crippen molar-refractivity contribution >= 4 is 0 Å². The van der Waals surface area contributed by atoms with Crippen molar-refractivity contribution in [3.8, 4) is 5.75 Å². The van der Waals surface area contributed by atoms with E-state index < -0.39 is 0 Å². The molecule has 0 bridgehead atoms. The van der Waals surface area contributed by atoms with Gasteiger partial charge in [-0.3, -0.25) is 0 Å². The topological polar surface area (TPSA) is 52.2 Å². The van der Waals surface area contributed by atoms with Gasteiger partial charge in [0.15, 0.2) is 0 Å². The first-order chi connectivity index (χ1) is 10.8. The van der Waals surface area contributed by atoms with E-state index in [0.29, 0.717) is 13.1 Å². The van der Waals surface area contributed by atoms with Crippen LogP contribution in [-0.2, 0) is 19.6 Å². The second kappa shape index (κ2) is 6.95. The van der Waals surface area contributed by atoms with Crippen LogP contribution in [0.5, 0.6) is 5.75 Å². The molecule has 0 unspecified atom stereocenters. The number of furan rings is 1. The predicted molar refractivity (Wildman–Crippen MR) is 83.6 cm³/mol. The van der Waals surface area contributed by atoms with Crippen LogP contribution in [0.3, 0.4) is 0 Å². The number of hydrogen-bond donors (Lipinski definition) is 1. The largest absolute Gasteiger partial charge is 0.497 e. The highest BCUT2D eigenvalue weighted by molar-refractivity contribution is 5.28. The Morgan fingerprint density at radius 2 is 2.18 bits per heavy atom. The number of aromatic nitrogens is 2. The number of nitrogens with zero attached hydrogens (tertiary/aromatic N) is 2. The lowest BCUT2D eigenvalue weighted by Gasteiger charge is -2.09. The highest BCUT2D eigenvalue weighted by Gasteiger charge is 2.05. The van der Waals surface area contributed by atoms with Crippen molar-refractivity contribution < 1.29 is 9.15 Å². The van der Waals surface area contributed by atoms with E-state index in [4.69, 9.17) is 9.15 Å². The number of benzene rings is 1. The van der Waals surface area contributed by atoms with Crippen LogP contribution in [0.25, 0.3) is 0 Å². The molecule has 0 amide bonds. The minimum Gasteiger partial charge on any atom is -0.497 e. The fourth-order valence-corrected chi connectivity index (χ4v) is 2.33. The summed E-state index contributed by atoms with van der Waals surface area (Å²) in [6.45, 7) is 2.16. The third-order valence-electron chi connectivity index (χ3n) is 3.45. The summed E-state index contributed by atoms with van der Waals surface area (Å²) in [6.07, 6.45) is 5.49. The van der Waals surface area contributed by atoms with E-state index in [1.807, 2.05) is 42.7 Å². The van der Waals surface area contributed by atoms with Crippen molar-refractivity contribution in [1.82, 2.24) is 14.9 Å². The summed E-state index contributed by atoms with van der Waals surface area (Å²) in [6, 6.07) is 11.9. The molecule has 0 aliphatic carbocycles. The van der Waals surface area contributed by atoms with E-state index in [-0.39, 0.29) is 0 Å². The Morgan fingerprint density at radius 1 is 1.23 bits per heavy atom. The normalized spacial score (nSPS) is 10.8. The fraction of sp³-hybridized carbons (Fsp3) is 0.235. The van der Waals surface area contributed by atoms with Gasteiger partial charge in [-0.1, -0.05) is 12.1 Å². The number of hydrogen-bond acceptors (Lipinski definition) is 4. The molecule has 22 heavy (non-hydrogen) atoms. The molecule has 3 aromatic rings. The average molecular weight is 297 g/mol. The van der Waals surface area contributed by atoms with Crippen LogP contribution in [0.4, 0.5) is 0 Å². The van der Waals surface area contributed by atoms with Crippen molar-refractivity contribution in [1.29, 1.82) is 0 Å². The minimum absolute atomic E-state index is 0.692. The first-order valence-electron chi connectivity index (χ1n) is 7.21. The fourth-order valence-electron chi connectivity index (χ4n) is 2.33. The molecule has 5 heteroatoms. The molecule has 2 heterocycles. The number of rotatable bonds is 7. The molecule has 5 nitrogen and oxygen atoms in total. The summed E-state index contributed by atoms with van der Waals surface area (Å²) >= 11 is 0. The molecular formula is C17H19N3O2. The van der Waals surface area contributed by atoms with Crippen LogP contribution in [0.15, 0.2) is 59.5 Å². The Bertz CT molecular complexity index is 704. The second-order valence-corrected chi connectivity index (χ2v) is 5.01. The minimum atomic E-state index is 0.692. The van der Waals surface area contributed by atoms with Gasteiger partial charge in [-0.2, -0.15) is 0 Å². The summed E-state index contributed by atoms with van der Waals surface area (Å²) in [5.41, 5.74) is 1.18. The highest BCUT2D eigenvalue weighted by Crippen LogP contribution is 2.14. The van der Waals surface area contributed by atoms with Gasteiger partial charge in [0.2, 0.25) is 0 Å². The molecule has 0 atom stereocenters. The van der Waals surface area contributed by atoms with Gasteiger partial charge in [0, 0.05) is 18.9 Å². The van der Waals surface area contributed by atoms with Crippen molar-refractivity contribution in [2.45, 2.75) is 19.6 Å². The van der Waals surface area contributed by atoms with E-state index in [2.05, 4.69) is 20.9 Å². The zero-order valence-electron chi connectivity index (χ0n) is 12.5. The quantitative estimate of drug-likeness (QED) is 0.728. The zero-order chi connectivity index (χ0) is 15.2. The lowest BCUT2D eigenvalue weighted by atomic mass is 10.2. The predicted octanol–water partition coefficient (Wildman–Crippen LogP) is 2.82. The van der Waals surface area contributed by atoms with Crippen LogP contribution in [0, 0.1) is 0 Å². The maximum Gasteiger partial charge on any atom is 0.122 e. The van der Waals surface area contributed by atoms with Gasteiger partial charge in [0.1, 0.15) is 17.3 Å². The highest BCUT2D eigenvalue weighted by atomic mass is 16.5. The molecule has 1 N–H and O–H groups in total. The molecule has 114 valence electrons. The molecule has 0 fully saturated rings. The van der Waals surface area contributed by atoms with E-state index in [1.165, 1.54) is 5.56 Å². The molecule has 0 aliphatic rings. The molecule has 2 aromatic heterocycles. The average Bonchev–Trinajstić information content (AvgIpc) is 3.20. The Morgan fingerprint density at radius 3 is 3.00 bits per heavy atom. The Hall–Kier alpha value is -2.53. The number of imidazole rings is 1. The molecule has 0 aliphatic heterocycles. The Labute approximate surface area is 129 Å². The Balaban J connectivity index is 1.61. The van der Waals surface area contributed by atoms with Gasteiger partial charge in [-0.15, -0.1) is 0 Å². The molecule has 0 saturated carbocycles. The van der Waals surface area contributed by atoms with Gasteiger partial charge in [0.05, 0.1) is 26.5 Å². The van der Waals surface area contributed by atoms with Crippen molar-refractivity contribution in [3.63, 3.8) is 0 Å². The maximum atomic E-state index is 5.30. The molecule has 3 rings (SSSR count). The summed E-state index contributed by atoms with van der Waals surface area (Å²) in [5.74, 6) is 2.79. The lowest BCUT2D eigenvalue weighted by molar-refractivity contribution is 0.414. The third-order valence-corrected chi connectivity index (χ3v) is 3.45. The first kappa shape index (κ1) is 14.4. The number of nitrogens with one attached hydrogen (secondary N) is 1. The van der Waals surface area contributed by atoms with Gasteiger partial charge < -0.3 is 19.0 Å². The van der Waals surface area contributed by atoms with Crippen molar-refractivity contribution in [2.75, 3.05) is 7.11 Å². The maximum absolute atomic E-state index is 5.30. The summed E-state index contributed by atoms with van der Waals surface area (Å²) in [7, 11) is 1.68. The van der Waals surface area contributed by atoms with Crippen molar-refractivity contribution in [2.24, 2.45) is 0 Å². The molecule has 0 radical (unpaired) electrons. The summed E-state index contributed by atoms with van der Waals surface area (Å²) < 4.78 is 12.7. The van der Waals surface area contributed by atoms with Crippen molar-refractivity contribution in [3.05, 3.63) is 72.2 Å². The van der Waals surface area contributed by atoms with Crippen LogP contribution in [0.1, 0.15) is 17.1 Å². The van der Waals surface area contributed by atoms with Crippen LogP contribution < -0.4 is 10.1 Å². The molecule has 0 spiro atoms. The molecule has 1 aromatic carbocycles. The summed E-state index contributed by atoms with van der Waals surface area (Å²) in [4.78, 5) is 4.41. The van der Waals surface area contributed by atoms with Gasteiger partial charge in [-0.05, 0) is 29.8 Å². The van der Waals surface area contributed by atoms with Crippen LogP contribution in [-0.4, -0.2) is 16.7 Å². The van der Waals surface area contributed by atoms with Gasteiger partial charge in [0.25, 0.3) is 0 Å². The SMILES string of the molecule is COc1cccc(Cn2ccnc2CNCc2ccco2)c1. The zero-order valence-corrected chi connectivity index (χ0v) is 12.5. The lowest BCUT2D eigenvalue weighted by Crippen LogP contribution is -2.16. The van der Waals surface area contributed by atoms with Gasteiger partial charge in [-0.25, -0.2) is 4.98 Å². The molecule has 0 saturated heterocycles. The van der Waals surface area contributed by atoms with E-state index in [0.717, 1.165) is 23.9 Å². The van der Waals surface area contributed by atoms with E-state index >= 15 is 0 Å². The Kier molecular flexibility index (Phi) is 4.56. The smallest absolute Gasteiger partial charge is 0.122 e. The van der Waals surface area contributed by atoms with Gasteiger partial charge >= 0.3 is 0 Å². The third kappa shape index (κ3) is 3.56.